The van der Waals surface area contributed by atoms with Crippen LogP contribution in [0.25, 0.3) is 0 Å². The molecule has 0 unspecified atom stereocenters. The summed E-state index contributed by atoms with van der Waals surface area (Å²) in [6.07, 6.45) is -4.40. The maximum absolute atomic E-state index is 12.1. The van der Waals surface area contributed by atoms with E-state index in [2.05, 4.69) is 4.74 Å². The third-order valence-electron chi connectivity index (χ3n) is 3.10. The van der Waals surface area contributed by atoms with Crippen LogP contribution in [0.3, 0.4) is 0 Å². The van der Waals surface area contributed by atoms with E-state index in [1.807, 2.05) is 0 Å². The van der Waals surface area contributed by atoms with Gasteiger partial charge in [0.2, 0.25) is 0 Å². The lowest BCUT2D eigenvalue weighted by Crippen LogP contribution is -2.31. The first-order valence-electron chi connectivity index (χ1n) is 6.50. The summed E-state index contributed by atoms with van der Waals surface area (Å²) in [4.78, 5) is 34.9. The first-order chi connectivity index (χ1) is 10.7. The topological polar surface area (TPSA) is 89.8 Å². The molecule has 10 heteroatoms. The molecule has 0 fully saturated rings. The van der Waals surface area contributed by atoms with Crippen LogP contribution in [0, 0.1) is 10.1 Å². The van der Waals surface area contributed by atoms with Crippen molar-refractivity contribution >= 4 is 17.5 Å². The number of ether oxygens (including phenoxy) is 1. The van der Waals surface area contributed by atoms with E-state index in [-0.39, 0.29) is 36.4 Å². The summed E-state index contributed by atoms with van der Waals surface area (Å²) in [5.41, 5.74) is -0.363. The van der Waals surface area contributed by atoms with Crippen molar-refractivity contribution in [1.29, 1.82) is 0 Å². The minimum Gasteiger partial charge on any atom is -0.372 e. The summed E-state index contributed by atoms with van der Waals surface area (Å²) >= 11 is 0. The van der Waals surface area contributed by atoms with Gasteiger partial charge in [-0.15, -0.1) is 0 Å². The SMILES string of the molecule is O=C1c2ccc([N+](=O)[O-])cc2C(=O)N1CCCOCC(F)(F)F. The Hall–Kier alpha value is -2.49. The minimum absolute atomic E-state index is 0.0314. The number of fused-ring (bicyclic) bond motifs is 1. The summed E-state index contributed by atoms with van der Waals surface area (Å²) in [6, 6.07) is 3.31. The number of carbonyl (C=O) groups is 2. The second-order valence-corrected chi connectivity index (χ2v) is 4.77. The second kappa shape index (κ2) is 6.32. The Balaban J connectivity index is 1.96. The Kier molecular flexibility index (Phi) is 4.64. The molecule has 2 amide bonds. The van der Waals surface area contributed by atoms with E-state index in [0.29, 0.717) is 0 Å². The van der Waals surface area contributed by atoms with Crippen molar-refractivity contribution in [2.75, 3.05) is 19.8 Å². The number of hydrogen-bond acceptors (Lipinski definition) is 5. The molecular weight excluding hydrogens is 321 g/mol. The molecule has 2 rings (SSSR count). The monoisotopic (exact) mass is 332 g/mol. The van der Waals surface area contributed by atoms with E-state index in [1.165, 1.54) is 6.07 Å². The fraction of sp³-hybridized carbons (Fsp3) is 0.385. The zero-order valence-electron chi connectivity index (χ0n) is 11.6. The number of non-ortho nitro benzene ring substituents is 1. The maximum Gasteiger partial charge on any atom is 0.411 e. The molecule has 0 aromatic heterocycles. The lowest BCUT2D eigenvalue weighted by atomic mass is 10.1. The lowest BCUT2D eigenvalue weighted by Gasteiger charge is -2.14. The third-order valence-corrected chi connectivity index (χ3v) is 3.10. The molecule has 0 aliphatic carbocycles. The number of amides is 2. The summed E-state index contributed by atoms with van der Waals surface area (Å²) in [5.74, 6) is -1.33. The highest BCUT2D eigenvalue weighted by Gasteiger charge is 2.36. The number of halogens is 3. The van der Waals surface area contributed by atoms with Crippen LogP contribution in [0.5, 0.6) is 0 Å². The van der Waals surface area contributed by atoms with E-state index < -0.39 is 29.5 Å². The molecule has 0 atom stereocenters. The van der Waals surface area contributed by atoms with E-state index in [0.717, 1.165) is 17.0 Å². The molecule has 0 saturated heterocycles. The van der Waals surface area contributed by atoms with Crippen LogP contribution in [0.1, 0.15) is 27.1 Å². The number of nitro benzene ring substituents is 1. The van der Waals surface area contributed by atoms with Crippen molar-refractivity contribution < 1.29 is 32.4 Å². The van der Waals surface area contributed by atoms with Crippen molar-refractivity contribution in [1.82, 2.24) is 4.90 Å². The number of benzene rings is 1. The van der Waals surface area contributed by atoms with Crippen LogP contribution in [0.2, 0.25) is 0 Å². The van der Waals surface area contributed by atoms with Crippen LogP contribution >= 0.6 is 0 Å². The highest BCUT2D eigenvalue weighted by Crippen LogP contribution is 2.26. The van der Waals surface area contributed by atoms with Gasteiger partial charge in [0.1, 0.15) is 6.61 Å². The molecule has 1 heterocycles. The Labute approximate surface area is 127 Å². The van der Waals surface area contributed by atoms with Gasteiger partial charge in [-0.2, -0.15) is 13.2 Å². The van der Waals surface area contributed by atoms with Gasteiger partial charge in [0.25, 0.3) is 17.5 Å². The molecule has 7 nitrogen and oxygen atoms in total. The van der Waals surface area contributed by atoms with E-state index in [4.69, 9.17) is 0 Å². The third kappa shape index (κ3) is 3.83. The zero-order chi connectivity index (χ0) is 17.2. The number of carbonyl (C=O) groups excluding carboxylic acids is 2. The van der Waals surface area contributed by atoms with Gasteiger partial charge in [-0.1, -0.05) is 0 Å². The predicted molar refractivity (Wildman–Crippen MR) is 70.0 cm³/mol. The molecule has 1 aromatic rings. The van der Waals surface area contributed by atoms with Gasteiger partial charge in [0, 0.05) is 25.3 Å². The number of nitro groups is 1. The van der Waals surface area contributed by atoms with E-state index in [9.17, 15) is 32.9 Å². The summed E-state index contributed by atoms with van der Waals surface area (Å²) in [6.45, 7) is -1.80. The molecule has 1 aromatic carbocycles. The Morgan fingerprint density at radius 3 is 2.43 bits per heavy atom. The normalized spacial score (nSPS) is 14.3. The summed E-state index contributed by atoms with van der Waals surface area (Å²) in [7, 11) is 0. The first kappa shape index (κ1) is 16.9. The fourth-order valence-corrected chi connectivity index (χ4v) is 2.11. The molecule has 0 N–H and O–H groups in total. The molecule has 23 heavy (non-hydrogen) atoms. The average Bonchev–Trinajstić information content (AvgIpc) is 2.70. The lowest BCUT2D eigenvalue weighted by molar-refractivity contribution is -0.384. The quantitative estimate of drug-likeness (QED) is 0.345. The van der Waals surface area contributed by atoms with Crippen molar-refractivity contribution in [3.8, 4) is 0 Å². The Morgan fingerprint density at radius 2 is 1.83 bits per heavy atom. The average molecular weight is 332 g/mol. The number of alkyl halides is 3. The highest BCUT2D eigenvalue weighted by molar-refractivity contribution is 6.21. The van der Waals surface area contributed by atoms with E-state index >= 15 is 0 Å². The molecule has 1 aliphatic rings. The van der Waals surface area contributed by atoms with Crippen molar-refractivity contribution in [3.05, 3.63) is 39.4 Å². The molecule has 124 valence electrons. The van der Waals surface area contributed by atoms with Gasteiger partial charge in [-0.25, -0.2) is 0 Å². The maximum atomic E-state index is 12.1. The summed E-state index contributed by atoms with van der Waals surface area (Å²) in [5, 5.41) is 10.7. The van der Waals surface area contributed by atoms with Crippen LogP contribution < -0.4 is 0 Å². The first-order valence-corrected chi connectivity index (χ1v) is 6.50. The molecule has 0 radical (unpaired) electrons. The van der Waals surface area contributed by atoms with Crippen LogP contribution in [0.15, 0.2) is 18.2 Å². The second-order valence-electron chi connectivity index (χ2n) is 4.77. The van der Waals surface area contributed by atoms with Gasteiger partial charge < -0.3 is 4.74 Å². The predicted octanol–water partition coefficient (Wildman–Crippen LogP) is 2.16. The number of nitrogens with zero attached hydrogens (tertiary/aromatic N) is 2. The number of rotatable bonds is 6. The molecular formula is C13H11F3N2O5. The molecule has 0 spiro atoms. The molecule has 0 bridgehead atoms. The number of imide groups is 1. The van der Waals surface area contributed by atoms with Crippen molar-refractivity contribution in [3.63, 3.8) is 0 Å². The van der Waals surface area contributed by atoms with Gasteiger partial charge in [-0.05, 0) is 12.5 Å². The number of hydrogen-bond donors (Lipinski definition) is 0. The minimum atomic E-state index is -4.44. The van der Waals surface area contributed by atoms with Gasteiger partial charge in [-0.3, -0.25) is 24.6 Å². The smallest absolute Gasteiger partial charge is 0.372 e. The fourth-order valence-electron chi connectivity index (χ4n) is 2.11. The zero-order valence-corrected chi connectivity index (χ0v) is 11.6. The van der Waals surface area contributed by atoms with Crippen LogP contribution in [-0.4, -0.2) is 47.6 Å². The van der Waals surface area contributed by atoms with Gasteiger partial charge in [0.15, 0.2) is 0 Å². The molecule has 0 saturated carbocycles. The largest absolute Gasteiger partial charge is 0.411 e. The van der Waals surface area contributed by atoms with E-state index in [1.54, 1.807) is 0 Å². The van der Waals surface area contributed by atoms with Crippen LogP contribution in [0.4, 0.5) is 18.9 Å². The molecule has 1 aliphatic heterocycles. The Morgan fingerprint density at radius 1 is 1.17 bits per heavy atom. The van der Waals surface area contributed by atoms with Crippen LogP contribution in [-0.2, 0) is 4.74 Å². The standard InChI is InChI=1S/C13H11F3N2O5/c14-13(15,16)7-23-5-1-4-17-11(19)9-3-2-8(18(21)22)6-10(9)12(17)20/h2-3,6H,1,4-5,7H2. The van der Waals surface area contributed by atoms with Gasteiger partial charge in [0.05, 0.1) is 16.1 Å². The van der Waals surface area contributed by atoms with Crippen molar-refractivity contribution in [2.45, 2.75) is 12.6 Å². The van der Waals surface area contributed by atoms with Gasteiger partial charge >= 0.3 is 6.18 Å². The Bertz CT molecular complexity index is 660. The summed E-state index contributed by atoms with van der Waals surface area (Å²) < 4.78 is 40.1. The highest BCUT2D eigenvalue weighted by atomic mass is 19.4. The van der Waals surface area contributed by atoms with Crippen molar-refractivity contribution in [2.24, 2.45) is 0 Å².